The van der Waals surface area contributed by atoms with Gasteiger partial charge in [0.05, 0.1) is 16.6 Å². The zero-order chi connectivity index (χ0) is 33.0. The van der Waals surface area contributed by atoms with Gasteiger partial charge in [0.2, 0.25) is 0 Å². The van der Waals surface area contributed by atoms with Crippen molar-refractivity contribution in [1.82, 2.24) is 24.1 Å². The lowest BCUT2D eigenvalue weighted by molar-refractivity contribution is 0.667. The van der Waals surface area contributed by atoms with Crippen molar-refractivity contribution in [3.05, 3.63) is 163 Å². The largest absolute Gasteiger partial charge is 0.313 e. The molecule has 0 radical (unpaired) electrons. The summed E-state index contributed by atoms with van der Waals surface area (Å²) in [4.78, 5) is 14.8. The third-order valence-corrected chi connectivity index (χ3v) is 10.2. The Kier molecular flexibility index (Phi) is 6.69. The first-order chi connectivity index (χ1) is 24.8. The molecule has 0 bridgehead atoms. The summed E-state index contributed by atoms with van der Waals surface area (Å²) in [7, 11) is 0. The monoisotopic (exact) mass is 643 g/mol. The van der Waals surface area contributed by atoms with Crippen LogP contribution in [0, 0.1) is 0 Å². The van der Waals surface area contributed by atoms with Crippen LogP contribution in [0.2, 0.25) is 0 Å². The van der Waals surface area contributed by atoms with Crippen LogP contribution in [0.25, 0.3) is 78.2 Å². The highest BCUT2D eigenvalue weighted by Gasteiger charge is 2.24. The fourth-order valence-corrected chi connectivity index (χ4v) is 7.85. The van der Waals surface area contributed by atoms with Crippen molar-refractivity contribution in [2.24, 2.45) is 0 Å². The van der Waals surface area contributed by atoms with Gasteiger partial charge in [-0.05, 0) is 85.8 Å². The van der Waals surface area contributed by atoms with Crippen molar-refractivity contribution < 1.29 is 0 Å². The number of nitrogens with zero attached hydrogens (tertiary/aromatic N) is 5. The van der Waals surface area contributed by atoms with E-state index in [4.69, 9.17) is 15.0 Å². The normalized spacial score (nSPS) is 12.9. The minimum atomic E-state index is 0.665. The van der Waals surface area contributed by atoms with E-state index in [0.29, 0.717) is 17.5 Å². The highest BCUT2D eigenvalue weighted by atomic mass is 15.0. The molecule has 50 heavy (non-hydrogen) atoms. The van der Waals surface area contributed by atoms with Crippen LogP contribution in [-0.4, -0.2) is 24.1 Å². The van der Waals surface area contributed by atoms with Crippen LogP contribution < -0.4 is 0 Å². The Morgan fingerprint density at radius 3 is 1.56 bits per heavy atom. The molecule has 1 aliphatic rings. The Bertz CT molecular complexity index is 2610. The van der Waals surface area contributed by atoms with Crippen LogP contribution in [0.1, 0.15) is 24.1 Å². The zero-order valence-corrected chi connectivity index (χ0v) is 27.5. The summed E-state index contributed by atoms with van der Waals surface area (Å²) >= 11 is 0. The van der Waals surface area contributed by atoms with E-state index in [1.807, 2.05) is 60.7 Å². The van der Waals surface area contributed by atoms with E-state index in [0.717, 1.165) is 35.2 Å². The minimum absolute atomic E-state index is 0.665. The Morgan fingerprint density at radius 2 is 0.900 bits per heavy atom. The number of benzene rings is 6. The van der Waals surface area contributed by atoms with E-state index in [1.165, 1.54) is 62.5 Å². The number of fused-ring (bicyclic) bond motifs is 6. The highest BCUT2D eigenvalue weighted by molar-refractivity contribution is 6.14. The number of para-hydroxylation sites is 2. The quantitative estimate of drug-likeness (QED) is 0.187. The maximum Gasteiger partial charge on any atom is 0.164 e. The van der Waals surface area contributed by atoms with Gasteiger partial charge in [0, 0.05) is 49.9 Å². The first-order valence-electron chi connectivity index (χ1n) is 17.4. The molecule has 0 N–H and O–H groups in total. The Balaban J connectivity index is 1.15. The SMILES string of the molecule is c1ccc(-c2nc(-c3ccccc3)nc(-c3ccc(-n4c5c(c6cc7c8ccccc8n(-c8ccccc8)c7cc64)CCCC5)cc3)n2)cc1. The smallest absolute Gasteiger partial charge is 0.164 e. The summed E-state index contributed by atoms with van der Waals surface area (Å²) in [5, 5.41) is 3.96. The Morgan fingerprint density at radius 1 is 0.380 bits per heavy atom. The molecule has 0 fully saturated rings. The van der Waals surface area contributed by atoms with E-state index in [9.17, 15) is 0 Å². The predicted octanol–water partition coefficient (Wildman–Crippen LogP) is 10.8. The maximum absolute atomic E-state index is 4.97. The molecule has 0 atom stereocenters. The van der Waals surface area contributed by atoms with Crippen LogP contribution in [-0.2, 0) is 12.8 Å². The van der Waals surface area contributed by atoms with Gasteiger partial charge < -0.3 is 9.13 Å². The van der Waals surface area contributed by atoms with Crippen molar-refractivity contribution in [1.29, 1.82) is 0 Å². The second-order valence-corrected chi connectivity index (χ2v) is 13.1. The lowest BCUT2D eigenvalue weighted by Gasteiger charge is -2.16. The molecule has 3 heterocycles. The molecule has 0 spiro atoms. The van der Waals surface area contributed by atoms with Gasteiger partial charge >= 0.3 is 0 Å². The van der Waals surface area contributed by atoms with Gasteiger partial charge in [0.15, 0.2) is 17.5 Å². The number of hydrogen-bond acceptors (Lipinski definition) is 3. The van der Waals surface area contributed by atoms with Crippen LogP contribution >= 0.6 is 0 Å². The molecule has 0 unspecified atom stereocenters. The van der Waals surface area contributed by atoms with E-state index in [2.05, 4.69) is 100 Å². The summed E-state index contributed by atoms with van der Waals surface area (Å²) in [5.41, 5.74) is 11.9. The van der Waals surface area contributed by atoms with Crippen molar-refractivity contribution >= 4 is 32.7 Å². The van der Waals surface area contributed by atoms with Crippen molar-refractivity contribution in [3.63, 3.8) is 0 Å². The molecule has 6 aromatic carbocycles. The van der Waals surface area contributed by atoms with Crippen molar-refractivity contribution in [2.45, 2.75) is 25.7 Å². The van der Waals surface area contributed by atoms with E-state index < -0.39 is 0 Å². The fraction of sp³-hybridized carbons (Fsp3) is 0.0889. The molecule has 0 saturated heterocycles. The summed E-state index contributed by atoms with van der Waals surface area (Å²) in [6.45, 7) is 0. The average Bonchev–Trinajstić information content (AvgIpc) is 3.70. The van der Waals surface area contributed by atoms with Crippen LogP contribution in [0.4, 0.5) is 0 Å². The van der Waals surface area contributed by atoms with Gasteiger partial charge in [-0.25, -0.2) is 15.0 Å². The molecule has 5 nitrogen and oxygen atoms in total. The van der Waals surface area contributed by atoms with Gasteiger partial charge in [0.25, 0.3) is 0 Å². The second kappa shape index (κ2) is 11.7. The van der Waals surface area contributed by atoms with Gasteiger partial charge in [-0.15, -0.1) is 0 Å². The minimum Gasteiger partial charge on any atom is -0.313 e. The Labute approximate surface area is 290 Å². The van der Waals surface area contributed by atoms with E-state index in [-0.39, 0.29) is 0 Å². The summed E-state index contributed by atoms with van der Waals surface area (Å²) in [5.74, 6) is 2.00. The first kappa shape index (κ1) is 28.7. The number of hydrogen-bond donors (Lipinski definition) is 0. The molecular formula is C45H33N5. The van der Waals surface area contributed by atoms with Gasteiger partial charge in [-0.2, -0.15) is 0 Å². The lowest BCUT2D eigenvalue weighted by Crippen LogP contribution is -2.07. The molecule has 0 amide bonds. The predicted molar refractivity (Wildman–Crippen MR) is 204 cm³/mol. The lowest BCUT2D eigenvalue weighted by atomic mass is 9.95. The molecule has 10 rings (SSSR count). The van der Waals surface area contributed by atoms with Gasteiger partial charge in [-0.1, -0.05) is 97.1 Å². The zero-order valence-electron chi connectivity index (χ0n) is 27.5. The molecule has 0 aliphatic heterocycles. The maximum atomic E-state index is 4.97. The van der Waals surface area contributed by atoms with E-state index >= 15 is 0 Å². The van der Waals surface area contributed by atoms with Crippen molar-refractivity contribution in [2.75, 3.05) is 0 Å². The van der Waals surface area contributed by atoms with Crippen LogP contribution in [0.3, 0.4) is 0 Å². The molecule has 5 heteroatoms. The van der Waals surface area contributed by atoms with Crippen LogP contribution in [0.5, 0.6) is 0 Å². The van der Waals surface area contributed by atoms with Gasteiger partial charge in [0.1, 0.15) is 0 Å². The molecule has 3 aromatic heterocycles. The second-order valence-electron chi connectivity index (χ2n) is 13.1. The average molecular weight is 644 g/mol. The third-order valence-electron chi connectivity index (χ3n) is 10.2. The van der Waals surface area contributed by atoms with Gasteiger partial charge in [-0.3, -0.25) is 0 Å². The summed E-state index contributed by atoms with van der Waals surface area (Å²) in [6.07, 6.45) is 4.61. The first-order valence-corrected chi connectivity index (χ1v) is 17.4. The number of rotatable bonds is 5. The highest BCUT2D eigenvalue weighted by Crippen LogP contribution is 2.41. The topological polar surface area (TPSA) is 48.5 Å². The number of aromatic nitrogens is 5. The molecule has 0 saturated carbocycles. The molecule has 9 aromatic rings. The third kappa shape index (κ3) is 4.66. The molecule has 238 valence electrons. The number of aryl methyl sites for hydroxylation is 1. The van der Waals surface area contributed by atoms with E-state index in [1.54, 1.807) is 0 Å². The molecular weight excluding hydrogens is 611 g/mol. The summed E-state index contributed by atoms with van der Waals surface area (Å²) < 4.78 is 4.93. The summed E-state index contributed by atoms with van der Waals surface area (Å²) in [6, 6.07) is 53.5. The fourth-order valence-electron chi connectivity index (χ4n) is 7.85. The molecule has 1 aliphatic carbocycles. The van der Waals surface area contributed by atoms with Crippen molar-refractivity contribution in [3.8, 4) is 45.5 Å². The Hall–Kier alpha value is -6.33. The standard InChI is InChI=1S/C45H33N5/c1-4-14-30(15-5-1)43-46-44(31-16-6-2-7-17-31)48-45(47-43)32-24-26-34(27-25-32)50-40-23-13-11-21-36(40)38-28-37-35-20-10-12-22-39(35)49(41(37)29-42(38)50)33-18-8-3-9-19-33/h1-10,12,14-20,22,24-29H,11,13,21,23H2. The van der Waals surface area contributed by atoms with Crippen LogP contribution in [0.15, 0.2) is 152 Å².